The number of hydrogen-bond donors (Lipinski definition) is 1. The number of fused-ring (bicyclic) bond motifs is 3. The molecule has 1 saturated heterocycles. The van der Waals surface area contributed by atoms with Gasteiger partial charge < -0.3 is 9.67 Å². The van der Waals surface area contributed by atoms with E-state index in [0.29, 0.717) is 18.5 Å². The Morgan fingerprint density at radius 2 is 1.94 bits per heavy atom. The van der Waals surface area contributed by atoms with Gasteiger partial charge in [0.25, 0.3) is 0 Å². The molecule has 2 atom stereocenters. The van der Waals surface area contributed by atoms with Crippen molar-refractivity contribution in [3.05, 3.63) is 71.6 Å². The molecule has 5 rings (SSSR count). The molecule has 1 aromatic carbocycles. The lowest BCUT2D eigenvalue weighted by Gasteiger charge is -2.37. The Kier molecular flexibility index (Phi) is 5.71. The monoisotopic (exact) mass is 443 g/mol. The highest BCUT2D eigenvalue weighted by Crippen LogP contribution is 2.40. The van der Waals surface area contributed by atoms with Gasteiger partial charge in [-0.2, -0.15) is 0 Å². The molecule has 0 saturated carbocycles. The Morgan fingerprint density at radius 3 is 2.64 bits per heavy atom. The van der Waals surface area contributed by atoms with Crippen molar-refractivity contribution in [1.82, 2.24) is 14.5 Å². The van der Waals surface area contributed by atoms with Crippen LogP contribution in [0.3, 0.4) is 0 Å². The normalized spacial score (nSPS) is 20.9. The van der Waals surface area contributed by atoms with Crippen molar-refractivity contribution in [2.45, 2.75) is 70.7 Å². The van der Waals surface area contributed by atoms with Crippen LogP contribution in [0.15, 0.2) is 54.9 Å². The third kappa shape index (κ3) is 4.40. The summed E-state index contributed by atoms with van der Waals surface area (Å²) < 4.78 is 2.19. The third-order valence-electron chi connectivity index (χ3n) is 7.07. The van der Waals surface area contributed by atoms with E-state index in [4.69, 9.17) is 4.98 Å². The van der Waals surface area contributed by atoms with Crippen LogP contribution in [0.2, 0.25) is 0 Å². The van der Waals surface area contributed by atoms with E-state index in [9.17, 15) is 9.90 Å². The zero-order chi connectivity index (χ0) is 23.2. The molecule has 5 nitrogen and oxygen atoms in total. The summed E-state index contributed by atoms with van der Waals surface area (Å²) in [7, 11) is 0. The van der Waals surface area contributed by atoms with Gasteiger partial charge in [0.2, 0.25) is 0 Å². The van der Waals surface area contributed by atoms with Crippen LogP contribution in [-0.4, -0.2) is 49.6 Å². The van der Waals surface area contributed by atoms with Crippen LogP contribution < -0.4 is 0 Å². The molecule has 2 aromatic heterocycles. The van der Waals surface area contributed by atoms with E-state index >= 15 is 0 Å². The second-order valence-corrected chi connectivity index (χ2v) is 10.2. The molecule has 1 fully saturated rings. The van der Waals surface area contributed by atoms with E-state index in [1.54, 1.807) is 0 Å². The van der Waals surface area contributed by atoms with Gasteiger partial charge in [0.05, 0.1) is 5.60 Å². The number of ketones is 1. The number of carbonyl (C=O) groups excluding carboxylic acids is 1. The first-order valence-electron chi connectivity index (χ1n) is 12.1. The number of pyridine rings is 1. The number of hydrogen-bond acceptors (Lipinski definition) is 4. The van der Waals surface area contributed by atoms with Crippen LogP contribution in [0.5, 0.6) is 0 Å². The van der Waals surface area contributed by atoms with Crippen molar-refractivity contribution in [1.29, 1.82) is 0 Å². The second kappa shape index (κ2) is 8.54. The quantitative estimate of drug-likeness (QED) is 0.518. The molecule has 2 unspecified atom stereocenters. The maximum absolute atomic E-state index is 11.9. The van der Waals surface area contributed by atoms with Gasteiger partial charge in [-0.05, 0) is 61.9 Å². The van der Waals surface area contributed by atoms with Crippen LogP contribution in [0.4, 0.5) is 0 Å². The number of carbonyl (C=O) groups is 1. The van der Waals surface area contributed by atoms with Crippen LogP contribution in [0.25, 0.3) is 16.6 Å². The van der Waals surface area contributed by atoms with Crippen molar-refractivity contribution in [2.24, 2.45) is 0 Å². The van der Waals surface area contributed by atoms with Crippen molar-refractivity contribution in [3.63, 3.8) is 0 Å². The molecule has 1 N–H and O–H groups in total. The fourth-order valence-electron chi connectivity index (χ4n) is 5.51. The summed E-state index contributed by atoms with van der Waals surface area (Å²) in [6, 6.07) is 13.2. The molecule has 2 aliphatic heterocycles. The predicted molar refractivity (Wildman–Crippen MR) is 132 cm³/mol. The van der Waals surface area contributed by atoms with E-state index in [1.807, 2.05) is 51.2 Å². The van der Waals surface area contributed by atoms with Gasteiger partial charge in [0.15, 0.2) is 5.78 Å². The van der Waals surface area contributed by atoms with Crippen LogP contribution in [-0.2, 0) is 6.54 Å². The lowest BCUT2D eigenvalue weighted by Crippen LogP contribution is -2.46. The van der Waals surface area contributed by atoms with E-state index in [-0.39, 0.29) is 5.78 Å². The van der Waals surface area contributed by atoms with Gasteiger partial charge in [-0.15, -0.1) is 0 Å². The molecular weight excluding hydrogens is 410 g/mol. The summed E-state index contributed by atoms with van der Waals surface area (Å²) in [6.07, 6.45) is 10.4. The maximum Gasteiger partial charge on any atom is 0.162 e. The molecule has 0 aliphatic carbocycles. The first kappa shape index (κ1) is 22.1. The minimum Gasteiger partial charge on any atom is -0.389 e. The number of aromatic nitrogens is 2. The molecule has 33 heavy (non-hydrogen) atoms. The van der Waals surface area contributed by atoms with E-state index in [0.717, 1.165) is 42.7 Å². The van der Waals surface area contributed by atoms with Gasteiger partial charge in [-0.1, -0.05) is 37.3 Å². The Balaban J connectivity index is 1.41. The van der Waals surface area contributed by atoms with Crippen molar-refractivity contribution in [3.8, 4) is 0 Å². The summed E-state index contributed by atoms with van der Waals surface area (Å²) in [5, 5.41) is 11.5. The van der Waals surface area contributed by atoms with Gasteiger partial charge in [0, 0.05) is 54.9 Å². The number of benzene rings is 1. The Bertz CT molecular complexity index is 1200. The topological polar surface area (TPSA) is 58.4 Å². The van der Waals surface area contributed by atoms with Gasteiger partial charge >= 0.3 is 0 Å². The van der Waals surface area contributed by atoms with Crippen molar-refractivity contribution >= 4 is 22.4 Å². The summed E-state index contributed by atoms with van der Waals surface area (Å²) >= 11 is 0. The Labute approximate surface area is 195 Å². The highest BCUT2D eigenvalue weighted by atomic mass is 16.3. The lowest BCUT2D eigenvalue weighted by molar-refractivity contribution is 0.0229. The number of nitrogens with zero attached hydrogens (tertiary/aromatic N) is 3. The zero-order valence-electron chi connectivity index (χ0n) is 19.8. The standard InChI is InChI=1S/C28H33N3O2/c1-4-26(32)20-7-5-19(6-8-20)17-30-14-12-25-24(11-13-29-27(25)30)21-15-22-9-10-23(16-21)31(22)18-28(2,3)33/h5-8,11-15,22-23,33H,4,9-10,16-18H2,1-3H3. The van der Waals surface area contributed by atoms with Gasteiger partial charge in [-0.3, -0.25) is 9.69 Å². The molecule has 2 bridgehead atoms. The Morgan fingerprint density at radius 1 is 1.15 bits per heavy atom. The number of aliphatic hydroxyl groups is 1. The fraction of sp³-hybridized carbons (Fsp3) is 0.429. The smallest absolute Gasteiger partial charge is 0.162 e. The fourth-order valence-corrected chi connectivity index (χ4v) is 5.51. The molecule has 2 aliphatic rings. The maximum atomic E-state index is 11.9. The van der Waals surface area contributed by atoms with Gasteiger partial charge in [0.1, 0.15) is 5.65 Å². The lowest BCUT2D eigenvalue weighted by atomic mass is 9.92. The van der Waals surface area contributed by atoms with E-state index in [2.05, 4.69) is 33.9 Å². The first-order chi connectivity index (χ1) is 15.8. The molecule has 5 heteroatoms. The predicted octanol–water partition coefficient (Wildman–Crippen LogP) is 5.07. The average Bonchev–Trinajstić information content (AvgIpc) is 3.28. The summed E-state index contributed by atoms with van der Waals surface area (Å²) in [6.45, 7) is 7.14. The largest absolute Gasteiger partial charge is 0.389 e. The average molecular weight is 444 g/mol. The third-order valence-corrected chi connectivity index (χ3v) is 7.07. The minimum atomic E-state index is -0.671. The van der Waals surface area contributed by atoms with Crippen LogP contribution in [0.1, 0.15) is 67.9 Å². The molecule has 0 radical (unpaired) electrons. The SMILES string of the molecule is CCC(=O)c1ccc(Cn2ccc3c(C4=CC5CCC(C4)N5CC(C)(C)O)ccnc32)cc1. The minimum absolute atomic E-state index is 0.176. The second-order valence-electron chi connectivity index (χ2n) is 10.2. The summed E-state index contributed by atoms with van der Waals surface area (Å²) in [5.41, 5.74) is 4.94. The first-order valence-corrected chi connectivity index (χ1v) is 12.1. The van der Waals surface area contributed by atoms with Crippen molar-refractivity contribution in [2.75, 3.05) is 6.54 Å². The van der Waals surface area contributed by atoms with Gasteiger partial charge in [-0.25, -0.2) is 4.98 Å². The Hall–Kier alpha value is -2.76. The van der Waals surface area contributed by atoms with E-state index in [1.165, 1.54) is 22.9 Å². The van der Waals surface area contributed by atoms with E-state index < -0.39 is 5.60 Å². The molecule has 3 aromatic rings. The highest BCUT2D eigenvalue weighted by Gasteiger charge is 2.39. The highest BCUT2D eigenvalue weighted by molar-refractivity contribution is 5.95. The van der Waals surface area contributed by atoms with Crippen LogP contribution >= 0.6 is 0 Å². The van der Waals surface area contributed by atoms with Crippen LogP contribution in [0, 0.1) is 0 Å². The summed E-state index contributed by atoms with van der Waals surface area (Å²) in [4.78, 5) is 19.1. The molecular formula is C28H33N3O2. The molecule has 0 spiro atoms. The molecule has 4 heterocycles. The molecule has 172 valence electrons. The summed E-state index contributed by atoms with van der Waals surface area (Å²) in [5.74, 6) is 0.176. The zero-order valence-corrected chi connectivity index (χ0v) is 19.8. The number of Topliss-reactive ketones (excluding diaryl/α,β-unsaturated/α-hetero) is 1. The van der Waals surface area contributed by atoms with Crippen molar-refractivity contribution < 1.29 is 9.90 Å². The molecule has 0 amide bonds. The number of rotatable bonds is 7.